The van der Waals surface area contributed by atoms with Gasteiger partial charge in [0.1, 0.15) is 11.4 Å². The summed E-state index contributed by atoms with van der Waals surface area (Å²) in [4.78, 5) is 32.3. The third-order valence-corrected chi connectivity index (χ3v) is 4.88. The van der Waals surface area contributed by atoms with Gasteiger partial charge in [-0.1, -0.05) is 30.0 Å². The quantitative estimate of drug-likeness (QED) is 0.313. The first-order valence-corrected chi connectivity index (χ1v) is 10.2. The highest BCUT2D eigenvalue weighted by Crippen LogP contribution is 2.25. The van der Waals surface area contributed by atoms with E-state index in [0.29, 0.717) is 36.9 Å². The van der Waals surface area contributed by atoms with E-state index in [0.717, 1.165) is 11.1 Å². The van der Waals surface area contributed by atoms with Crippen LogP contribution in [-0.2, 0) is 9.53 Å². The summed E-state index contributed by atoms with van der Waals surface area (Å²) in [5.41, 5.74) is 1.54. The Labute approximate surface area is 172 Å². The first kappa shape index (κ1) is 20.7. The van der Waals surface area contributed by atoms with Gasteiger partial charge in [0.05, 0.1) is 23.0 Å². The number of fused-ring (bicyclic) bond motifs is 1. The molecule has 9 nitrogen and oxygen atoms in total. The van der Waals surface area contributed by atoms with Gasteiger partial charge in [0.15, 0.2) is 5.65 Å². The van der Waals surface area contributed by atoms with Crippen LogP contribution in [0.4, 0.5) is 4.79 Å². The van der Waals surface area contributed by atoms with Crippen LogP contribution in [0.25, 0.3) is 16.7 Å². The second-order valence-electron chi connectivity index (χ2n) is 5.95. The van der Waals surface area contributed by atoms with Crippen molar-refractivity contribution < 1.29 is 14.3 Å². The molecule has 3 amide bonds. The van der Waals surface area contributed by atoms with Crippen LogP contribution in [0.1, 0.15) is 13.3 Å². The van der Waals surface area contributed by atoms with Crippen LogP contribution in [0, 0.1) is 0 Å². The van der Waals surface area contributed by atoms with Crippen molar-refractivity contribution in [2.75, 3.05) is 25.5 Å². The van der Waals surface area contributed by atoms with E-state index in [-0.39, 0.29) is 5.75 Å². The van der Waals surface area contributed by atoms with Gasteiger partial charge >= 0.3 is 6.03 Å². The monoisotopic (exact) mass is 414 g/mol. The van der Waals surface area contributed by atoms with Crippen molar-refractivity contribution in [2.24, 2.45) is 0 Å². The SMILES string of the molecule is CCOCCCNC(=O)NC(=O)CSc1ncnc2c1cnn2-c1ccccc1. The molecule has 0 unspecified atom stereocenters. The number of benzene rings is 1. The van der Waals surface area contributed by atoms with Crippen molar-refractivity contribution >= 4 is 34.7 Å². The zero-order valence-electron chi connectivity index (χ0n) is 16.0. The number of rotatable bonds is 9. The predicted octanol–water partition coefficient (Wildman–Crippen LogP) is 2.16. The Bertz CT molecular complexity index is 963. The number of aromatic nitrogens is 4. The minimum atomic E-state index is -0.517. The minimum Gasteiger partial charge on any atom is -0.382 e. The number of hydrogen-bond donors (Lipinski definition) is 2. The molecule has 0 atom stereocenters. The number of thioether (sulfide) groups is 1. The molecule has 152 valence electrons. The topological polar surface area (TPSA) is 111 Å². The van der Waals surface area contributed by atoms with E-state index in [1.54, 1.807) is 10.9 Å². The Morgan fingerprint density at radius 1 is 1.21 bits per heavy atom. The molecule has 0 aliphatic carbocycles. The summed E-state index contributed by atoms with van der Waals surface area (Å²) in [6.07, 6.45) is 3.80. The predicted molar refractivity (Wildman–Crippen MR) is 110 cm³/mol. The van der Waals surface area contributed by atoms with Crippen molar-refractivity contribution in [1.82, 2.24) is 30.4 Å². The summed E-state index contributed by atoms with van der Waals surface area (Å²) in [6, 6.07) is 9.12. The number of hydrogen-bond acceptors (Lipinski definition) is 7. The molecular weight excluding hydrogens is 392 g/mol. The van der Waals surface area contributed by atoms with Crippen LogP contribution in [0.3, 0.4) is 0 Å². The van der Waals surface area contributed by atoms with Gasteiger partial charge in [-0.2, -0.15) is 5.10 Å². The Morgan fingerprint density at radius 3 is 2.83 bits per heavy atom. The molecule has 2 N–H and O–H groups in total. The average Bonchev–Trinajstić information content (AvgIpc) is 3.17. The zero-order chi connectivity index (χ0) is 20.5. The van der Waals surface area contributed by atoms with Crippen molar-refractivity contribution in [3.63, 3.8) is 0 Å². The van der Waals surface area contributed by atoms with Crippen LogP contribution >= 0.6 is 11.8 Å². The maximum absolute atomic E-state index is 12.0. The van der Waals surface area contributed by atoms with Crippen molar-refractivity contribution in [1.29, 1.82) is 0 Å². The number of ether oxygens (including phenoxy) is 1. The number of carbonyl (C=O) groups is 2. The van der Waals surface area contributed by atoms with Crippen molar-refractivity contribution in [3.05, 3.63) is 42.9 Å². The first-order valence-electron chi connectivity index (χ1n) is 9.21. The van der Waals surface area contributed by atoms with Gasteiger partial charge in [0.25, 0.3) is 0 Å². The largest absolute Gasteiger partial charge is 0.382 e. The van der Waals surface area contributed by atoms with E-state index in [1.165, 1.54) is 18.1 Å². The van der Waals surface area contributed by atoms with Crippen molar-refractivity contribution in [2.45, 2.75) is 18.4 Å². The van der Waals surface area contributed by atoms with E-state index in [4.69, 9.17) is 4.74 Å². The third-order valence-electron chi connectivity index (χ3n) is 3.88. The Balaban J connectivity index is 1.55. The van der Waals surface area contributed by atoms with Gasteiger partial charge < -0.3 is 10.1 Å². The van der Waals surface area contributed by atoms with E-state index in [1.807, 2.05) is 37.3 Å². The fraction of sp³-hybridized carbons (Fsp3) is 0.316. The molecule has 0 saturated heterocycles. The molecule has 0 fully saturated rings. The van der Waals surface area contributed by atoms with Gasteiger partial charge in [-0.15, -0.1) is 0 Å². The average molecular weight is 414 g/mol. The standard InChI is InChI=1S/C19H22N6O3S/c1-2-28-10-6-9-20-19(27)24-16(26)12-29-18-15-11-23-25(17(15)21-13-22-18)14-7-4-3-5-8-14/h3-5,7-8,11,13H,2,6,9-10,12H2,1H3,(H2,20,24,26,27). The zero-order valence-corrected chi connectivity index (χ0v) is 16.8. The number of para-hydroxylation sites is 1. The maximum atomic E-state index is 12.0. The lowest BCUT2D eigenvalue weighted by molar-refractivity contribution is -0.117. The first-order chi connectivity index (χ1) is 14.2. The molecule has 2 aromatic heterocycles. The highest BCUT2D eigenvalue weighted by atomic mass is 32.2. The van der Waals surface area contributed by atoms with Gasteiger partial charge in [-0.05, 0) is 25.5 Å². The molecule has 10 heteroatoms. The molecule has 29 heavy (non-hydrogen) atoms. The van der Waals surface area contributed by atoms with E-state index in [2.05, 4.69) is 25.7 Å². The van der Waals surface area contributed by atoms with E-state index in [9.17, 15) is 9.59 Å². The van der Waals surface area contributed by atoms with Gasteiger partial charge in [0, 0.05) is 19.8 Å². The molecule has 3 aromatic rings. The minimum absolute atomic E-state index is 0.0506. The van der Waals surface area contributed by atoms with E-state index >= 15 is 0 Å². The Kier molecular flexibility index (Phi) is 7.54. The number of nitrogens with zero attached hydrogens (tertiary/aromatic N) is 4. The normalized spacial score (nSPS) is 10.8. The van der Waals surface area contributed by atoms with Gasteiger partial charge in [-0.3, -0.25) is 10.1 Å². The molecule has 0 saturated carbocycles. The lowest BCUT2D eigenvalue weighted by atomic mass is 10.3. The second-order valence-corrected chi connectivity index (χ2v) is 6.92. The van der Waals surface area contributed by atoms with Crippen LogP contribution in [0.15, 0.2) is 47.9 Å². The lowest BCUT2D eigenvalue weighted by Crippen LogP contribution is -2.40. The molecule has 2 heterocycles. The molecule has 1 aromatic carbocycles. The lowest BCUT2D eigenvalue weighted by Gasteiger charge is -2.07. The number of imide groups is 1. The van der Waals surface area contributed by atoms with Crippen LogP contribution in [-0.4, -0.2) is 57.2 Å². The fourth-order valence-electron chi connectivity index (χ4n) is 2.56. The van der Waals surface area contributed by atoms with E-state index < -0.39 is 11.9 Å². The van der Waals surface area contributed by atoms with Crippen molar-refractivity contribution in [3.8, 4) is 5.69 Å². The smallest absolute Gasteiger partial charge is 0.321 e. The summed E-state index contributed by atoms with van der Waals surface area (Å²) in [5.74, 6) is -0.353. The summed E-state index contributed by atoms with van der Waals surface area (Å²) in [7, 11) is 0. The number of amides is 3. The van der Waals surface area contributed by atoms with Gasteiger partial charge in [0.2, 0.25) is 5.91 Å². The molecule has 0 aliphatic heterocycles. The Morgan fingerprint density at radius 2 is 2.03 bits per heavy atom. The molecule has 3 rings (SSSR count). The fourth-order valence-corrected chi connectivity index (χ4v) is 3.32. The summed E-state index contributed by atoms with van der Waals surface area (Å²) >= 11 is 1.23. The maximum Gasteiger partial charge on any atom is 0.321 e. The molecule has 0 spiro atoms. The summed E-state index contributed by atoms with van der Waals surface area (Å²) in [5, 5.41) is 10.7. The Hall–Kier alpha value is -2.98. The number of nitrogens with one attached hydrogen (secondary N) is 2. The number of carbonyl (C=O) groups excluding carboxylic acids is 2. The highest BCUT2D eigenvalue weighted by Gasteiger charge is 2.14. The molecule has 0 bridgehead atoms. The summed E-state index contributed by atoms with van der Waals surface area (Å²) < 4.78 is 6.91. The van der Waals surface area contributed by atoms with Gasteiger partial charge in [-0.25, -0.2) is 19.4 Å². The van der Waals surface area contributed by atoms with Crippen LogP contribution in [0.2, 0.25) is 0 Å². The third kappa shape index (κ3) is 5.75. The highest BCUT2D eigenvalue weighted by molar-refractivity contribution is 8.00. The molecular formula is C19H22N6O3S. The summed E-state index contributed by atoms with van der Waals surface area (Å²) in [6.45, 7) is 3.56. The second kappa shape index (κ2) is 10.5. The van der Waals surface area contributed by atoms with Crippen LogP contribution in [0.5, 0.6) is 0 Å². The number of urea groups is 1. The molecule has 0 aliphatic rings. The molecule has 0 radical (unpaired) electrons. The van der Waals surface area contributed by atoms with Crippen LogP contribution < -0.4 is 10.6 Å².